The van der Waals surface area contributed by atoms with Crippen LogP contribution in [0.3, 0.4) is 0 Å². The highest BCUT2D eigenvalue weighted by Crippen LogP contribution is 2.21. The standard InChI is InChI=1S/C20H15N3O4/c24-20(16-9-11-17(12-10-16)23(25)26)22-21-14-15-5-4-8-19(13-15)27-18-6-2-1-3-7-18/h1-14H,(H,22,24)/b21-14-. The summed E-state index contributed by atoms with van der Waals surface area (Å²) in [6.45, 7) is 0. The van der Waals surface area contributed by atoms with Crippen LogP contribution in [-0.4, -0.2) is 17.0 Å². The second-order valence-corrected chi connectivity index (χ2v) is 5.49. The van der Waals surface area contributed by atoms with Crippen molar-refractivity contribution in [2.24, 2.45) is 5.10 Å². The maximum atomic E-state index is 12.0. The zero-order chi connectivity index (χ0) is 19.1. The van der Waals surface area contributed by atoms with Gasteiger partial charge in [0.05, 0.1) is 11.1 Å². The van der Waals surface area contributed by atoms with E-state index in [0.717, 1.165) is 11.3 Å². The van der Waals surface area contributed by atoms with Crippen LogP contribution in [0.2, 0.25) is 0 Å². The van der Waals surface area contributed by atoms with Gasteiger partial charge in [-0.15, -0.1) is 0 Å². The summed E-state index contributed by atoms with van der Waals surface area (Å²) in [5, 5.41) is 14.5. The van der Waals surface area contributed by atoms with Gasteiger partial charge in [-0.2, -0.15) is 5.10 Å². The first-order chi connectivity index (χ1) is 13.1. The van der Waals surface area contributed by atoms with Crippen LogP contribution in [0.15, 0.2) is 84.0 Å². The van der Waals surface area contributed by atoms with Crippen LogP contribution in [-0.2, 0) is 0 Å². The lowest BCUT2D eigenvalue weighted by atomic mass is 10.2. The van der Waals surface area contributed by atoms with E-state index in [9.17, 15) is 14.9 Å². The third-order valence-electron chi connectivity index (χ3n) is 3.56. The minimum absolute atomic E-state index is 0.0784. The van der Waals surface area contributed by atoms with Gasteiger partial charge in [0, 0.05) is 17.7 Å². The number of nitrogens with one attached hydrogen (secondary N) is 1. The van der Waals surface area contributed by atoms with Gasteiger partial charge in [-0.05, 0) is 42.0 Å². The minimum Gasteiger partial charge on any atom is -0.457 e. The molecule has 3 aromatic carbocycles. The number of carbonyl (C=O) groups is 1. The summed E-state index contributed by atoms with van der Waals surface area (Å²) < 4.78 is 5.74. The topological polar surface area (TPSA) is 93.8 Å². The average Bonchev–Trinajstić information content (AvgIpc) is 2.69. The van der Waals surface area contributed by atoms with Gasteiger partial charge in [-0.3, -0.25) is 14.9 Å². The molecule has 1 amide bonds. The van der Waals surface area contributed by atoms with Crippen molar-refractivity contribution in [3.8, 4) is 11.5 Å². The first kappa shape index (κ1) is 17.8. The highest BCUT2D eigenvalue weighted by atomic mass is 16.6. The smallest absolute Gasteiger partial charge is 0.271 e. The third kappa shape index (κ3) is 4.99. The van der Waals surface area contributed by atoms with Gasteiger partial charge < -0.3 is 4.74 Å². The van der Waals surface area contributed by atoms with E-state index < -0.39 is 10.8 Å². The number of hydrogen-bond donors (Lipinski definition) is 1. The summed E-state index contributed by atoms with van der Waals surface area (Å²) in [4.78, 5) is 22.1. The molecule has 0 aliphatic heterocycles. The Bertz CT molecular complexity index is 970. The van der Waals surface area contributed by atoms with E-state index in [2.05, 4.69) is 10.5 Å². The highest BCUT2D eigenvalue weighted by molar-refractivity contribution is 5.95. The van der Waals surface area contributed by atoms with E-state index in [-0.39, 0.29) is 11.3 Å². The van der Waals surface area contributed by atoms with Gasteiger partial charge in [0.1, 0.15) is 11.5 Å². The number of ether oxygens (including phenoxy) is 1. The molecule has 0 spiro atoms. The lowest BCUT2D eigenvalue weighted by molar-refractivity contribution is -0.384. The Kier molecular flexibility index (Phi) is 5.54. The summed E-state index contributed by atoms with van der Waals surface area (Å²) in [7, 11) is 0. The van der Waals surface area contributed by atoms with E-state index in [4.69, 9.17) is 4.74 Å². The molecule has 0 aliphatic carbocycles. The molecule has 0 fully saturated rings. The first-order valence-electron chi connectivity index (χ1n) is 8.03. The molecule has 0 aliphatic rings. The van der Waals surface area contributed by atoms with Gasteiger partial charge >= 0.3 is 0 Å². The monoisotopic (exact) mass is 361 g/mol. The lowest BCUT2D eigenvalue weighted by Crippen LogP contribution is -2.17. The minimum atomic E-state index is -0.523. The van der Waals surface area contributed by atoms with Crippen LogP contribution in [0.5, 0.6) is 11.5 Å². The number of rotatable bonds is 6. The molecule has 3 rings (SSSR count). The fourth-order valence-corrected chi connectivity index (χ4v) is 2.25. The molecule has 0 saturated heterocycles. The van der Waals surface area contributed by atoms with Crippen molar-refractivity contribution in [3.63, 3.8) is 0 Å². The van der Waals surface area contributed by atoms with E-state index >= 15 is 0 Å². The molecule has 0 bridgehead atoms. The van der Waals surface area contributed by atoms with Crippen LogP contribution in [0.25, 0.3) is 0 Å². The van der Waals surface area contributed by atoms with Crippen molar-refractivity contribution in [2.75, 3.05) is 0 Å². The van der Waals surface area contributed by atoms with E-state index in [1.54, 1.807) is 6.07 Å². The molecule has 1 N–H and O–H groups in total. The molecule has 134 valence electrons. The van der Waals surface area contributed by atoms with Gasteiger partial charge in [0.25, 0.3) is 11.6 Å². The zero-order valence-corrected chi connectivity index (χ0v) is 14.1. The molecule has 7 nitrogen and oxygen atoms in total. The molecule has 0 saturated carbocycles. The number of hydrazone groups is 1. The average molecular weight is 361 g/mol. The van der Waals surface area contributed by atoms with Crippen molar-refractivity contribution < 1.29 is 14.5 Å². The largest absolute Gasteiger partial charge is 0.457 e. The summed E-state index contributed by atoms with van der Waals surface area (Å²) in [5.41, 5.74) is 3.33. The molecular weight excluding hydrogens is 346 g/mol. The number of nitro groups is 1. The number of benzene rings is 3. The molecule has 0 aromatic heterocycles. The number of carbonyl (C=O) groups excluding carboxylic acids is 1. The molecule has 0 radical (unpaired) electrons. The molecular formula is C20H15N3O4. The fourth-order valence-electron chi connectivity index (χ4n) is 2.25. The van der Waals surface area contributed by atoms with Crippen LogP contribution in [0.1, 0.15) is 15.9 Å². The molecule has 27 heavy (non-hydrogen) atoms. The number of hydrogen-bond acceptors (Lipinski definition) is 5. The molecule has 0 heterocycles. The highest BCUT2D eigenvalue weighted by Gasteiger charge is 2.08. The Morgan fingerprint density at radius 1 is 0.963 bits per heavy atom. The number of nitro benzene ring substituents is 1. The van der Waals surface area contributed by atoms with E-state index in [1.807, 2.05) is 48.5 Å². The fraction of sp³-hybridized carbons (Fsp3) is 0. The van der Waals surface area contributed by atoms with Crippen molar-refractivity contribution in [3.05, 3.63) is 100 Å². The number of nitrogens with zero attached hydrogens (tertiary/aromatic N) is 2. The lowest BCUT2D eigenvalue weighted by Gasteiger charge is -2.05. The summed E-state index contributed by atoms with van der Waals surface area (Å²) in [6, 6.07) is 21.9. The Morgan fingerprint density at radius 3 is 2.37 bits per heavy atom. The molecule has 0 atom stereocenters. The Labute approximate surface area is 155 Å². The van der Waals surface area contributed by atoms with Gasteiger partial charge in [-0.1, -0.05) is 30.3 Å². The van der Waals surface area contributed by atoms with Crippen molar-refractivity contribution in [2.45, 2.75) is 0 Å². The maximum absolute atomic E-state index is 12.0. The van der Waals surface area contributed by atoms with Crippen LogP contribution in [0.4, 0.5) is 5.69 Å². The summed E-state index contributed by atoms with van der Waals surface area (Å²) in [5.74, 6) is 0.905. The number of amides is 1. The molecule has 3 aromatic rings. The Morgan fingerprint density at radius 2 is 1.67 bits per heavy atom. The predicted octanol–water partition coefficient (Wildman–Crippen LogP) is 4.15. The van der Waals surface area contributed by atoms with Gasteiger partial charge in [0.15, 0.2) is 0 Å². The van der Waals surface area contributed by atoms with Crippen molar-refractivity contribution in [1.82, 2.24) is 5.43 Å². The van der Waals surface area contributed by atoms with E-state index in [1.165, 1.54) is 30.5 Å². The summed E-state index contributed by atoms with van der Waals surface area (Å²) in [6.07, 6.45) is 1.49. The quantitative estimate of drug-likeness (QED) is 0.405. The van der Waals surface area contributed by atoms with Crippen molar-refractivity contribution in [1.29, 1.82) is 0 Å². The second kappa shape index (κ2) is 8.39. The molecule has 7 heteroatoms. The van der Waals surface area contributed by atoms with Gasteiger partial charge in [-0.25, -0.2) is 5.43 Å². The zero-order valence-electron chi connectivity index (χ0n) is 14.1. The Balaban J connectivity index is 1.61. The third-order valence-corrected chi connectivity index (χ3v) is 3.56. The normalized spacial score (nSPS) is 10.5. The maximum Gasteiger partial charge on any atom is 0.271 e. The van der Waals surface area contributed by atoms with Crippen LogP contribution >= 0.6 is 0 Å². The van der Waals surface area contributed by atoms with Gasteiger partial charge in [0.2, 0.25) is 0 Å². The predicted molar refractivity (Wildman–Crippen MR) is 101 cm³/mol. The van der Waals surface area contributed by atoms with Crippen LogP contribution < -0.4 is 10.2 Å². The summed E-state index contributed by atoms with van der Waals surface area (Å²) >= 11 is 0. The van der Waals surface area contributed by atoms with E-state index in [0.29, 0.717) is 5.75 Å². The Hall–Kier alpha value is -4.00. The number of para-hydroxylation sites is 1. The first-order valence-corrected chi connectivity index (χ1v) is 8.03. The number of non-ortho nitro benzene ring substituents is 1. The molecule has 0 unspecified atom stereocenters. The van der Waals surface area contributed by atoms with Crippen LogP contribution in [0, 0.1) is 10.1 Å². The second-order valence-electron chi connectivity index (χ2n) is 5.49. The SMILES string of the molecule is O=C(N/N=C\c1cccc(Oc2ccccc2)c1)c1ccc([N+](=O)[O-])cc1. The van der Waals surface area contributed by atoms with Crippen molar-refractivity contribution >= 4 is 17.8 Å².